The van der Waals surface area contributed by atoms with E-state index in [1.54, 1.807) is 6.92 Å². The van der Waals surface area contributed by atoms with Gasteiger partial charge < -0.3 is 11.3 Å². The summed E-state index contributed by atoms with van der Waals surface area (Å²) >= 11 is 0. The Balaban J connectivity index is -0.0000000200. The third kappa shape index (κ3) is 466. The molecule has 0 heterocycles. The van der Waals surface area contributed by atoms with E-state index in [1.807, 2.05) is 0 Å². The van der Waals surface area contributed by atoms with Crippen LogP contribution >= 0.6 is 12.4 Å². The van der Waals surface area contributed by atoms with Gasteiger partial charge in [0.05, 0.1) is 0 Å². The Morgan fingerprint density at radius 1 is 1.60 bits per heavy atom. The van der Waals surface area contributed by atoms with Crippen LogP contribution in [-0.4, -0.2) is 11.7 Å². The third-order valence-electron chi connectivity index (χ3n) is 0. The molecule has 0 spiro atoms. The van der Waals surface area contributed by atoms with Crippen LogP contribution in [0.5, 0.6) is 0 Å². The number of hydrogen-bond donors (Lipinski definition) is 2. The number of aliphatic hydroxyl groups excluding tert-OH is 1. The average molecular weight is 99.6 g/mol. The second-order valence-corrected chi connectivity index (χ2v) is 0.316. The highest BCUT2D eigenvalue weighted by molar-refractivity contribution is 5.85. The summed E-state index contributed by atoms with van der Waals surface area (Å²) in [7, 11) is 0. The molecule has 0 atom stereocenters. The van der Waals surface area contributed by atoms with Crippen LogP contribution in [0.4, 0.5) is 0 Å². The van der Waals surface area contributed by atoms with Crippen molar-refractivity contribution in [3.8, 4) is 0 Å². The summed E-state index contributed by atoms with van der Waals surface area (Å²) in [5.41, 5.74) is 0. The maximum Gasteiger partial charge on any atom is 0.0402 e. The molecule has 0 aliphatic heterocycles. The van der Waals surface area contributed by atoms with E-state index in [0.29, 0.717) is 0 Å². The smallest absolute Gasteiger partial charge is 0.0402 e. The first-order valence-electron chi connectivity index (χ1n) is 1.02. The lowest BCUT2D eigenvalue weighted by molar-refractivity contribution is 0.318. The van der Waals surface area contributed by atoms with Gasteiger partial charge in [0.25, 0.3) is 0 Å². The summed E-state index contributed by atoms with van der Waals surface area (Å²) in [5, 5.41) is 7.57. The molecule has 0 aliphatic carbocycles. The van der Waals surface area contributed by atoms with E-state index in [0.717, 1.165) is 0 Å². The second-order valence-electron chi connectivity index (χ2n) is 0.316. The summed E-state index contributed by atoms with van der Waals surface area (Å²) < 4.78 is 0. The Morgan fingerprint density at radius 2 is 1.60 bits per heavy atom. The molecule has 0 unspecified atom stereocenters. The van der Waals surface area contributed by atoms with Gasteiger partial charge in [-0.15, -0.1) is 12.4 Å². The van der Waals surface area contributed by atoms with E-state index in [-0.39, 0.29) is 25.2 Å². The molecule has 0 rings (SSSR count). The lowest BCUT2D eigenvalue weighted by Gasteiger charge is -1.52. The predicted octanol–water partition coefficient (Wildman–Crippen LogP) is 0.582. The Labute approximate surface area is 38.2 Å². The van der Waals surface area contributed by atoms with Crippen LogP contribution < -0.4 is 6.15 Å². The van der Waals surface area contributed by atoms with E-state index in [9.17, 15) is 0 Å². The van der Waals surface area contributed by atoms with Gasteiger partial charge in [-0.2, -0.15) is 0 Å². The van der Waals surface area contributed by atoms with Gasteiger partial charge in [-0.05, 0) is 6.92 Å². The quantitative estimate of drug-likeness (QED) is 0.467. The molecule has 0 aromatic rings. The second kappa shape index (κ2) is 29.6. The summed E-state index contributed by atoms with van der Waals surface area (Å²) in [6, 6.07) is 0. The molecule has 0 saturated carbocycles. The highest BCUT2D eigenvalue weighted by atomic mass is 35.5. The van der Waals surface area contributed by atoms with Crippen LogP contribution in [0.1, 0.15) is 6.92 Å². The van der Waals surface area contributed by atoms with Crippen molar-refractivity contribution >= 4 is 12.4 Å². The van der Waals surface area contributed by atoms with Crippen molar-refractivity contribution in [3.63, 3.8) is 0 Å². The minimum absolute atomic E-state index is 0. The summed E-state index contributed by atoms with van der Waals surface area (Å²) in [5.74, 6) is 0. The molecule has 2 nitrogen and oxygen atoms in total. The van der Waals surface area contributed by atoms with Gasteiger partial charge in [-0.25, -0.2) is 0 Å². The van der Waals surface area contributed by atoms with Crippen molar-refractivity contribution in [2.75, 3.05) is 6.61 Å². The Hall–Kier alpha value is 0.210. The molecule has 4 N–H and O–H groups in total. The molecule has 0 amide bonds. The summed E-state index contributed by atoms with van der Waals surface area (Å²) in [6.45, 7) is 1.93. The molecule has 0 aromatic heterocycles. The molecular weight excluding hydrogens is 89.5 g/mol. The SMILES string of the molecule is CCO.Cl.N. The lowest BCUT2D eigenvalue weighted by atomic mass is 10.9. The zero-order chi connectivity index (χ0) is 2.71. The van der Waals surface area contributed by atoms with Crippen LogP contribution in [0.2, 0.25) is 0 Å². The van der Waals surface area contributed by atoms with Crippen molar-refractivity contribution in [1.82, 2.24) is 6.15 Å². The zero-order valence-electron chi connectivity index (χ0n) is 3.27. The topological polar surface area (TPSA) is 55.2 Å². The maximum atomic E-state index is 7.57. The van der Waals surface area contributed by atoms with E-state index < -0.39 is 0 Å². The van der Waals surface area contributed by atoms with Crippen LogP contribution in [0.25, 0.3) is 0 Å². The molecule has 0 bridgehead atoms. The van der Waals surface area contributed by atoms with Crippen molar-refractivity contribution < 1.29 is 5.11 Å². The van der Waals surface area contributed by atoms with Crippen molar-refractivity contribution in [2.24, 2.45) is 0 Å². The van der Waals surface area contributed by atoms with E-state index >= 15 is 0 Å². The number of hydrogen-bond acceptors (Lipinski definition) is 2. The van der Waals surface area contributed by atoms with Crippen LogP contribution in [-0.2, 0) is 0 Å². The van der Waals surface area contributed by atoms with Crippen LogP contribution in [0, 0.1) is 0 Å². The first kappa shape index (κ1) is 18.9. The van der Waals surface area contributed by atoms with Gasteiger partial charge in [-0.1, -0.05) is 0 Å². The van der Waals surface area contributed by atoms with E-state index in [4.69, 9.17) is 5.11 Å². The van der Waals surface area contributed by atoms with Gasteiger partial charge in [0.2, 0.25) is 0 Å². The summed E-state index contributed by atoms with van der Waals surface area (Å²) in [4.78, 5) is 0. The Kier molecular flexibility index (Phi) is 112. The van der Waals surface area contributed by atoms with Crippen molar-refractivity contribution in [3.05, 3.63) is 0 Å². The van der Waals surface area contributed by atoms with Gasteiger partial charge in [0, 0.05) is 6.61 Å². The minimum atomic E-state index is 0. The van der Waals surface area contributed by atoms with Gasteiger partial charge in [0.1, 0.15) is 0 Å². The molecule has 0 aromatic carbocycles. The lowest BCUT2D eigenvalue weighted by Crippen LogP contribution is -1.57. The van der Waals surface area contributed by atoms with Crippen LogP contribution in [0.15, 0.2) is 0 Å². The first-order valence-corrected chi connectivity index (χ1v) is 1.02. The molecule has 0 radical (unpaired) electrons. The molecule has 0 fully saturated rings. The summed E-state index contributed by atoms with van der Waals surface area (Å²) in [6.07, 6.45) is 0. The normalized spacial score (nSPS) is 3.60. The molecule has 3 heteroatoms. The monoisotopic (exact) mass is 99.0 g/mol. The fourth-order valence-electron chi connectivity index (χ4n) is 0. The number of rotatable bonds is 0. The minimum Gasteiger partial charge on any atom is -0.397 e. The molecule has 5 heavy (non-hydrogen) atoms. The fourth-order valence-corrected chi connectivity index (χ4v) is 0. The van der Waals surface area contributed by atoms with Crippen molar-refractivity contribution in [1.29, 1.82) is 0 Å². The molecule has 0 aliphatic rings. The molecular formula is C2H10ClNO. The third-order valence-corrected chi connectivity index (χ3v) is 0. The highest BCUT2D eigenvalue weighted by Crippen LogP contribution is 1.30. The standard InChI is InChI=1S/C2H6O.ClH.H3N/c1-2-3;;/h3H,2H2,1H3;1H;1H3. The van der Waals surface area contributed by atoms with Gasteiger partial charge in [0.15, 0.2) is 0 Å². The Morgan fingerprint density at radius 3 is 1.60 bits per heavy atom. The largest absolute Gasteiger partial charge is 0.397 e. The van der Waals surface area contributed by atoms with Crippen molar-refractivity contribution in [2.45, 2.75) is 6.92 Å². The molecule has 36 valence electrons. The zero-order valence-corrected chi connectivity index (χ0v) is 4.09. The maximum absolute atomic E-state index is 7.57. The highest BCUT2D eigenvalue weighted by Gasteiger charge is 1.34. The average Bonchev–Trinajstić information content (AvgIpc) is 0.918. The van der Waals surface area contributed by atoms with E-state index in [1.165, 1.54) is 0 Å². The molecule has 0 saturated heterocycles. The fraction of sp³-hybridized carbons (Fsp3) is 1.00. The number of halogens is 1. The first-order chi connectivity index (χ1) is 1.41. The number of aliphatic hydroxyl groups is 1. The Bertz CT molecular complexity index is 9.61. The van der Waals surface area contributed by atoms with Gasteiger partial charge in [-0.3, -0.25) is 0 Å². The predicted molar refractivity (Wildman–Crippen MR) is 25.0 cm³/mol. The van der Waals surface area contributed by atoms with Gasteiger partial charge >= 0.3 is 0 Å². The van der Waals surface area contributed by atoms with Crippen LogP contribution in [0.3, 0.4) is 0 Å². The van der Waals surface area contributed by atoms with E-state index in [2.05, 4.69) is 0 Å².